The number of amides is 1. The third-order valence-corrected chi connectivity index (χ3v) is 6.27. The lowest BCUT2D eigenvalue weighted by Crippen LogP contribution is -2.49. The molecule has 0 spiro atoms. The average Bonchev–Trinajstić information content (AvgIpc) is 2.71. The van der Waals surface area contributed by atoms with E-state index in [0.29, 0.717) is 6.07 Å². The molecule has 0 radical (unpaired) electrons. The summed E-state index contributed by atoms with van der Waals surface area (Å²) in [6.07, 6.45) is -3.97. The van der Waals surface area contributed by atoms with Crippen LogP contribution in [0.4, 0.5) is 23.2 Å². The third-order valence-electron chi connectivity index (χ3n) is 5.16. The van der Waals surface area contributed by atoms with Gasteiger partial charge in [-0.15, -0.1) is 0 Å². The van der Waals surface area contributed by atoms with E-state index in [1.54, 1.807) is 18.7 Å². The molecule has 0 atom stereocenters. The highest BCUT2D eigenvalue weighted by Crippen LogP contribution is 2.33. The number of halogens is 4. The predicted octanol–water partition coefficient (Wildman–Crippen LogP) is 4.00. The first-order valence-electron chi connectivity index (χ1n) is 10.2. The first kappa shape index (κ1) is 24.8. The Hall–Kier alpha value is -2.82. The van der Waals surface area contributed by atoms with Gasteiger partial charge in [-0.05, 0) is 50.2 Å². The molecule has 0 N–H and O–H groups in total. The van der Waals surface area contributed by atoms with Crippen LogP contribution in [0.1, 0.15) is 29.8 Å². The molecule has 1 aliphatic heterocycles. The number of hydrogen-bond donors (Lipinski definition) is 0. The van der Waals surface area contributed by atoms with Crippen molar-refractivity contribution in [2.75, 3.05) is 37.3 Å². The number of alkyl halides is 3. The summed E-state index contributed by atoms with van der Waals surface area (Å²) in [4.78, 5) is 16.4. The topological polar surface area (TPSA) is 66.9 Å². The van der Waals surface area contributed by atoms with E-state index < -0.39 is 33.3 Å². The lowest BCUT2D eigenvalue weighted by atomic mass is 10.1. The fourth-order valence-electron chi connectivity index (χ4n) is 3.53. The monoisotopic (exact) mass is 488 g/mol. The minimum absolute atomic E-state index is 0.0131. The van der Waals surface area contributed by atoms with Crippen molar-refractivity contribution in [3.8, 4) is 5.75 Å². The van der Waals surface area contributed by atoms with E-state index in [4.69, 9.17) is 4.74 Å². The van der Waals surface area contributed by atoms with Gasteiger partial charge in [0.2, 0.25) is 0 Å². The molecule has 2 aromatic carbocycles. The van der Waals surface area contributed by atoms with E-state index in [-0.39, 0.29) is 54.2 Å². The number of ether oxygens (including phenoxy) is 1. The highest BCUT2D eigenvalue weighted by Gasteiger charge is 2.34. The Bertz CT molecular complexity index is 1140. The Kier molecular flexibility index (Phi) is 6.92. The number of hydrogen-bond acceptors (Lipinski definition) is 5. The van der Waals surface area contributed by atoms with Crippen LogP contribution in [0, 0.1) is 5.82 Å². The summed E-state index contributed by atoms with van der Waals surface area (Å²) >= 11 is 0. The standard InChI is InChI=1S/C22H24F4N2O4S/c1-14(2)32-20-7-5-16(33(3,30)31)13-17(20)21(29)28-10-8-27(9-11-28)15-4-6-18(19(23)12-15)22(24,25)26/h4-7,12-14H,8-11H2,1-3H3. The molecule has 1 aliphatic rings. The van der Waals surface area contributed by atoms with Crippen molar-refractivity contribution < 1.29 is 35.5 Å². The average molecular weight is 489 g/mol. The Morgan fingerprint density at radius 2 is 1.67 bits per heavy atom. The highest BCUT2D eigenvalue weighted by atomic mass is 32.2. The lowest BCUT2D eigenvalue weighted by Gasteiger charge is -2.36. The number of sulfone groups is 1. The van der Waals surface area contributed by atoms with E-state index in [9.17, 15) is 30.8 Å². The second kappa shape index (κ2) is 9.20. The molecule has 0 aliphatic carbocycles. The Labute approximate surface area is 189 Å². The summed E-state index contributed by atoms with van der Waals surface area (Å²) in [6, 6.07) is 6.85. The Balaban J connectivity index is 1.78. The smallest absolute Gasteiger partial charge is 0.419 e. The molecule has 11 heteroatoms. The second-order valence-corrected chi connectivity index (χ2v) is 10.1. The molecule has 1 fully saturated rings. The van der Waals surface area contributed by atoms with E-state index in [2.05, 4.69) is 0 Å². The van der Waals surface area contributed by atoms with Crippen LogP contribution >= 0.6 is 0 Å². The quantitative estimate of drug-likeness (QED) is 0.596. The van der Waals surface area contributed by atoms with Gasteiger partial charge in [0.25, 0.3) is 5.91 Å². The number of nitrogens with zero attached hydrogens (tertiary/aromatic N) is 2. The van der Waals surface area contributed by atoms with Crippen molar-refractivity contribution in [3.63, 3.8) is 0 Å². The van der Waals surface area contributed by atoms with E-state index in [0.717, 1.165) is 12.3 Å². The summed E-state index contributed by atoms with van der Waals surface area (Å²) in [5, 5.41) is 0. The second-order valence-electron chi connectivity index (χ2n) is 8.04. The van der Waals surface area contributed by atoms with Crippen LogP contribution in [0.15, 0.2) is 41.3 Å². The first-order valence-corrected chi connectivity index (χ1v) is 12.1. The molecule has 0 unspecified atom stereocenters. The maximum absolute atomic E-state index is 13.9. The van der Waals surface area contributed by atoms with E-state index in [1.165, 1.54) is 29.2 Å². The molecule has 180 valence electrons. The van der Waals surface area contributed by atoms with E-state index >= 15 is 0 Å². The molecule has 1 saturated heterocycles. The third kappa shape index (κ3) is 5.76. The van der Waals surface area contributed by atoms with Crippen LogP contribution in [-0.2, 0) is 16.0 Å². The zero-order valence-corrected chi connectivity index (χ0v) is 19.1. The predicted molar refractivity (Wildman–Crippen MR) is 115 cm³/mol. The number of piperazine rings is 1. The molecule has 1 amide bonds. The summed E-state index contributed by atoms with van der Waals surface area (Å²) in [5.41, 5.74) is -0.931. The van der Waals surface area contributed by atoms with Gasteiger partial charge in [-0.25, -0.2) is 12.8 Å². The van der Waals surface area contributed by atoms with Crippen LogP contribution in [0.3, 0.4) is 0 Å². The summed E-state index contributed by atoms with van der Waals surface area (Å²) in [5.74, 6) is -1.52. The Morgan fingerprint density at radius 1 is 1.03 bits per heavy atom. The summed E-state index contributed by atoms with van der Waals surface area (Å²) in [7, 11) is -3.55. The molecule has 3 rings (SSSR count). The molecule has 6 nitrogen and oxygen atoms in total. The molecule has 33 heavy (non-hydrogen) atoms. The molecular formula is C22H24F4N2O4S. The van der Waals surface area contributed by atoms with Crippen molar-refractivity contribution in [1.29, 1.82) is 0 Å². The zero-order chi connectivity index (χ0) is 24.6. The fourth-order valence-corrected chi connectivity index (χ4v) is 4.18. The van der Waals surface area contributed by atoms with Crippen LogP contribution in [-0.4, -0.2) is 57.8 Å². The van der Waals surface area contributed by atoms with Gasteiger partial charge in [0, 0.05) is 38.1 Å². The molecule has 0 aromatic heterocycles. The van der Waals surface area contributed by atoms with Crippen LogP contribution in [0.25, 0.3) is 0 Å². The fraction of sp³-hybridized carbons (Fsp3) is 0.409. The van der Waals surface area contributed by atoms with Crippen molar-refractivity contribution in [2.45, 2.75) is 31.0 Å². The minimum Gasteiger partial charge on any atom is -0.490 e. The maximum atomic E-state index is 13.9. The van der Waals surface area contributed by atoms with Crippen LogP contribution in [0.2, 0.25) is 0 Å². The molecule has 0 bridgehead atoms. The molecule has 0 saturated carbocycles. The first-order chi connectivity index (χ1) is 15.3. The van der Waals surface area contributed by atoms with Gasteiger partial charge in [-0.3, -0.25) is 4.79 Å². The van der Waals surface area contributed by atoms with Crippen LogP contribution in [0.5, 0.6) is 5.75 Å². The maximum Gasteiger partial charge on any atom is 0.419 e. The van der Waals surface area contributed by atoms with E-state index in [1.807, 2.05) is 0 Å². The number of carbonyl (C=O) groups is 1. The van der Waals surface area contributed by atoms with Crippen molar-refractivity contribution in [2.24, 2.45) is 0 Å². The number of rotatable bonds is 5. The zero-order valence-electron chi connectivity index (χ0n) is 18.3. The van der Waals surface area contributed by atoms with Crippen molar-refractivity contribution >= 4 is 21.4 Å². The van der Waals surface area contributed by atoms with Gasteiger partial charge in [-0.2, -0.15) is 13.2 Å². The highest BCUT2D eigenvalue weighted by molar-refractivity contribution is 7.90. The SMILES string of the molecule is CC(C)Oc1ccc(S(C)(=O)=O)cc1C(=O)N1CCN(c2ccc(C(F)(F)F)c(F)c2)CC1. The van der Waals surface area contributed by atoms with Gasteiger partial charge in [-0.1, -0.05) is 0 Å². The Morgan fingerprint density at radius 3 is 2.18 bits per heavy atom. The van der Waals surface area contributed by atoms with Gasteiger partial charge >= 0.3 is 6.18 Å². The van der Waals surface area contributed by atoms with Gasteiger partial charge < -0.3 is 14.5 Å². The minimum atomic E-state index is -4.77. The summed E-state index contributed by atoms with van der Waals surface area (Å²) in [6.45, 7) is 4.52. The van der Waals surface area contributed by atoms with Crippen LogP contribution < -0.4 is 9.64 Å². The number of carbonyl (C=O) groups excluding carboxylic acids is 1. The van der Waals surface area contributed by atoms with Gasteiger partial charge in [0.05, 0.1) is 22.1 Å². The normalized spacial score (nSPS) is 15.2. The molecule has 2 aromatic rings. The van der Waals surface area contributed by atoms with Gasteiger partial charge in [0.1, 0.15) is 11.6 Å². The van der Waals surface area contributed by atoms with Crippen molar-refractivity contribution in [1.82, 2.24) is 4.90 Å². The van der Waals surface area contributed by atoms with Gasteiger partial charge in [0.15, 0.2) is 9.84 Å². The lowest BCUT2D eigenvalue weighted by molar-refractivity contribution is -0.139. The number of benzene rings is 2. The number of anilines is 1. The molecule has 1 heterocycles. The van der Waals surface area contributed by atoms with Crippen molar-refractivity contribution in [3.05, 3.63) is 53.3 Å². The summed E-state index contributed by atoms with van der Waals surface area (Å²) < 4.78 is 81.9. The largest absolute Gasteiger partial charge is 0.490 e. The molecular weight excluding hydrogens is 464 g/mol.